The largest absolute Gasteiger partial charge is 0.490 e. The molecular weight excluding hydrogens is 217 g/mol. The van der Waals surface area contributed by atoms with Crippen LogP contribution in [0, 0.1) is 0 Å². The van der Waals surface area contributed by atoms with Gasteiger partial charge in [-0.3, -0.25) is 0 Å². The number of hydrogen-bond acceptors (Lipinski definition) is 1. The first-order valence-electron chi connectivity index (χ1n) is 4.84. The lowest BCUT2D eigenvalue weighted by molar-refractivity contribution is -0.0688. The van der Waals surface area contributed by atoms with E-state index in [1.165, 1.54) is 18.2 Å². The Bertz CT molecular complexity index is 380. The predicted molar refractivity (Wildman–Crippen MR) is 57.3 cm³/mol. The Labute approximate surface area is 92.5 Å². The Kier molecular flexibility index (Phi) is 3.62. The molecular formula is C12H13F3O. The van der Waals surface area contributed by atoms with Crippen LogP contribution in [-0.2, 0) is 0 Å². The van der Waals surface area contributed by atoms with Crippen molar-refractivity contribution in [1.82, 2.24) is 0 Å². The highest BCUT2D eigenvalue weighted by molar-refractivity contribution is 5.72. The highest BCUT2D eigenvalue weighted by Gasteiger charge is 2.34. The summed E-state index contributed by atoms with van der Waals surface area (Å²) in [7, 11) is 0. The molecule has 0 bridgehead atoms. The molecule has 0 spiro atoms. The summed E-state index contributed by atoms with van der Waals surface area (Å²) in [5.74, 6) is 0.208. The van der Waals surface area contributed by atoms with E-state index in [2.05, 4.69) is 6.58 Å². The number of hydrogen-bond donors (Lipinski definition) is 0. The number of rotatable bonds is 3. The number of ether oxygens (including phenoxy) is 1. The molecule has 0 saturated carbocycles. The lowest BCUT2D eigenvalue weighted by Gasteiger charge is -2.16. The predicted octanol–water partition coefficient (Wildman–Crippen LogP) is 4.05. The van der Waals surface area contributed by atoms with Gasteiger partial charge in [0.2, 0.25) is 0 Å². The first-order chi connectivity index (χ1) is 7.32. The van der Waals surface area contributed by atoms with Crippen molar-refractivity contribution in [1.29, 1.82) is 0 Å². The molecule has 0 fully saturated rings. The number of benzene rings is 1. The van der Waals surface area contributed by atoms with Gasteiger partial charge in [-0.05, 0) is 19.9 Å². The van der Waals surface area contributed by atoms with Gasteiger partial charge in [-0.25, -0.2) is 0 Å². The Morgan fingerprint density at radius 2 is 1.81 bits per heavy atom. The molecule has 88 valence electrons. The molecule has 1 nitrogen and oxygen atoms in total. The van der Waals surface area contributed by atoms with Crippen molar-refractivity contribution in [3.8, 4) is 5.75 Å². The lowest BCUT2D eigenvalue weighted by Crippen LogP contribution is -2.13. The minimum Gasteiger partial charge on any atom is -0.490 e. The standard InChI is InChI=1S/C12H13F3O/c1-8(2)16-11-7-5-4-6-10(11)9(3)12(13,14)15/h4-8H,3H2,1-2H3. The Balaban J connectivity index is 3.09. The van der Waals surface area contributed by atoms with Crippen LogP contribution in [0.25, 0.3) is 5.57 Å². The first-order valence-corrected chi connectivity index (χ1v) is 4.84. The zero-order valence-electron chi connectivity index (χ0n) is 9.14. The van der Waals surface area contributed by atoms with E-state index in [0.717, 1.165) is 0 Å². The van der Waals surface area contributed by atoms with Crippen molar-refractivity contribution in [3.63, 3.8) is 0 Å². The molecule has 0 amide bonds. The van der Waals surface area contributed by atoms with Crippen molar-refractivity contribution < 1.29 is 17.9 Å². The van der Waals surface area contributed by atoms with E-state index in [9.17, 15) is 13.2 Å². The van der Waals surface area contributed by atoms with Gasteiger partial charge >= 0.3 is 6.18 Å². The topological polar surface area (TPSA) is 9.23 Å². The first kappa shape index (κ1) is 12.6. The molecule has 0 aliphatic rings. The molecule has 4 heteroatoms. The molecule has 16 heavy (non-hydrogen) atoms. The van der Waals surface area contributed by atoms with Gasteiger partial charge in [-0.2, -0.15) is 13.2 Å². The van der Waals surface area contributed by atoms with Crippen LogP contribution in [0.3, 0.4) is 0 Å². The average Bonchev–Trinajstić information content (AvgIpc) is 2.15. The van der Waals surface area contributed by atoms with E-state index >= 15 is 0 Å². The summed E-state index contributed by atoms with van der Waals surface area (Å²) in [5.41, 5.74) is -0.896. The fourth-order valence-corrected chi connectivity index (χ4v) is 1.23. The van der Waals surface area contributed by atoms with Crippen molar-refractivity contribution in [2.75, 3.05) is 0 Å². The fourth-order valence-electron chi connectivity index (χ4n) is 1.23. The molecule has 0 aliphatic heterocycles. The van der Waals surface area contributed by atoms with E-state index in [4.69, 9.17) is 4.74 Å². The number of alkyl halides is 3. The van der Waals surface area contributed by atoms with Crippen molar-refractivity contribution in [2.24, 2.45) is 0 Å². The summed E-state index contributed by atoms with van der Waals surface area (Å²) >= 11 is 0. The number of allylic oxidation sites excluding steroid dienone is 1. The maximum atomic E-state index is 12.5. The second-order valence-corrected chi connectivity index (χ2v) is 3.64. The molecule has 1 rings (SSSR count). The molecule has 1 aromatic rings. The molecule has 0 unspecified atom stereocenters. The van der Waals surface area contributed by atoms with E-state index in [0.29, 0.717) is 0 Å². The van der Waals surface area contributed by atoms with Crippen molar-refractivity contribution >= 4 is 5.57 Å². The average molecular weight is 230 g/mol. The molecule has 0 radical (unpaired) electrons. The van der Waals surface area contributed by atoms with Gasteiger partial charge in [0.05, 0.1) is 11.7 Å². The summed E-state index contributed by atoms with van der Waals surface area (Å²) in [4.78, 5) is 0. The SMILES string of the molecule is C=C(c1ccccc1OC(C)C)C(F)(F)F. The quantitative estimate of drug-likeness (QED) is 0.761. The van der Waals surface area contributed by atoms with Gasteiger partial charge in [-0.15, -0.1) is 0 Å². The van der Waals surface area contributed by atoms with Gasteiger partial charge in [0.15, 0.2) is 0 Å². The highest BCUT2D eigenvalue weighted by atomic mass is 19.4. The second-order valence-electron chi connectivity index (χ2n) is 3.64. The second kappa shape index (κ2) is 4.60. The Morgan fingerprint density at radius 1 is 1.25 bits per heavy atom. The smallest absolute Gasteiger partial charge is 0.416 e. The summed E-state index contributed by atoms with van der Waals surface area (Å²) in [6.07, 6.45) is -4.61. The third kappa shape index (κ3) is 3.02. The molecule has 0 atom stereocenters. The van der Waals surface area contributed by atoms with Crippen LogP contribution in [0.5, 0.6) is 5.75 Å². The maximum absolute atomic E-state index is 12.5. The zero-order chi connectivity index (χ0) is 12.3. The maximum Gasteiger partial charge on any atom is 0.416 e. The van der Waals surface area contributed by atoms with Crippen LogP contribution >= 0.6 is 0 Å². The Hall–Kier alpha value is -1.45. The molecule has 1 aromatic carbocycles. The van der Waals surface area contributed by atoms with Crippen molar-refractivity contribution in [2.45, 2.75) is 26.1 Å². The summed E-state index contributed by atoms with van der Waals surface area (Å²) in [6, 6.07) is 6.02. The minimum absolute atomic E-state index is 0.0105. The van der Waals surface area contributed by atoms with Crippen LogP contribution in [-0.4, -0.2) is 12.3 Å². The third-order valence-corrected chi connectivity index (χ3v) is 1.92. The highest BCUT2D eigenvalue weighted by Crippen LogP contribution is 2.36. The van der Waals surface area contributed by atoms with E-state index < -0.39 is 11.7 Å². The molecule has 0 N–H and O–H groups in total. The van der Waals surface area contributed by atoms with Gasteiger partial charge in [0.25, 0.3) is 0 Å². The van der Waals surface area contributed by atoms with Gasteiger partial charge in [0.1, 0.15) is 5.75 Å². The molecule has 0 aliphatic carbocycles. The lowest BCUT2D eigenvalue weighted by atomic mass is 10.1. The van der Waals surface area contributed by atoms with Crippen LogP contribution in [0.4, 0.5) is 13.2 Å². The van der Waals surface area contributed by atoms with Gasteiger partial charge in [0, 0.05) is 5.56 Å². The monoisotopic (exact) mass is 230 g/mol. The summed E-state index contributed by atoms with van der Waals surface area (Å²) < 4.78 is 42.8. The molecule has 0 heterocycles. The minimum atomic E-state index is -4.43. The third-order valence-electron chi connectivity index (χ3n) is 1.92. The molecule has 0 aromatic heterocycles. The summed E-state index contributed by atoms with van der Waals surface area (Å²) in [6.45, 7) is 6.57. The molecule has 0 saturated heterocycles. The fraction of sp³-hybridized carbons (Fsp3) is 0.333. The Morgan fingerprint density at radius 3 is 2.31 bits per heavy atom. The van der Waals surface area contributed by atoms with Gasteiger partial charge < -0.3 is 4.74 Å². The normalized spacial score (nSPS) is 11.6. The zero-order valence-corrected chi connectivity index (χ0v) is 9.14. The van der Waals surface area contributed by atoms with E-state index in [1.54, 1.807) is 19.9 Å². The van der Waals surface area contributed by atoms with E-state index in [-0.39, 0.29) is 17.4 Å². The van der Waals surface area contributed by atoms with Crippen LogP contribution in [0.1, 0.15) is 19.4 Å². The van der Waals surface area contributed by atoms with E-state index in [1.807, 2.05) is 0 Å². The van der Waals surface area contributed by atoms with Crippen LogP contribution < -0.4 is 4.74 Å². The number of para-hydroxylation sites is 1. The number of halogens is 3. The van der Waals surface area contributed by atoms with Gasteiger partial charge in [-0.1, -0.05) is 24.8 Å². The van der Waals surface area contributed by atoms with Crippen LogP contribution in [0.15, 0.2) is 30.8 Å². The van der Waals surface area contributed by atoms with Crippen molar-refractivity contribution in [3.05, 3.63) is 36.4 Å². The van der Waals surface area contributed by atoms with Crippen LogP contribution in [0.2, 0.25) is 0 Å². The summed E-state index contributed by atoms with van der Waals surface area (Å²) in [5, 5.41) is 0.